The zero-order chi connectivity index (χ0) is 12.8. The Hall–Kier alpha value is -2.30. The van der Waals surface area contributed by atoms with E-state index in [0.717, 1.165) is 12.2 Å². The molecular formula is C13H15N3O2. The van der Waals surface area contributed by atoms with E-state index in [1.54, 1.807) is 12.3 Å². The van der Waals surface area contributed by atoms with Gasteiger partial charge in [-0.25, -0.2) is 4.98 Å². The maximum Gasteiger partial charge on any atom is 0.224 e. The van der Waals surface area contributed by atoms with Crippen LogP contribution in [0.2, 0.25) is 0 Å². The molecule has 0 aliphatic carbocycles. The van der Waals surface area contributed by atoms with Crippen molar-refractivity contribution in [2.24, 2.45) is 0 Å². The summed E-state index contributed by atoms with van der Waals surface area (Å²) < 4.78 is 11.0. The van der Waals surface area contributed by atoms with Gasteiger partial charge in [0.25, 0.3) is 0 Å². The molecule has 0 atom stereocenters. The van der Waals surface area contributed by atoms with Crippen molar-refractivity contribution in [3.05, 3.63) is 36.5 Å². The van der Waals surface area contributed by atoms with Crippen LogP contribution in [0.15, 0.2) is 36.5 Å². The van der Waals surface area contributed by atoms with Crippen LogP contribution in [0.3, 0.4) is 0 Å². The summed E-state index contributed by atoms with van der Waals surface area (Å²) in [5.41, 5.74) is 5.47. The van der Waals surface area contributed by atoms with Crippen LogP contribution < -0.4 is 15.2 Å². The van der Waals surface area contributed by atoms with E-state index < -0.39 is 0 Å². The highest BCUT2D eigenvalue weighted by molar-refractivity contribution is 5.34. The molecule has 94 valence electrons. The van der Waals surface area contributed by atoms with E-state index >= 15 is 0 Å². The second-order valence-corrected chi connectivity index (χ2v) is 3.68. The van der Waals surface area contributed by atoms with Crippen LogP contribution in [0, 0.1) is 0 Å². The van der Waals surface area contributed by atoms with E-state index in [1.807, 2.05) is 24.3 Å². The molecule has 5 heteroatoms. The molecule has 0 saturated heterocycles. The van der Waals surface area contributed by atoms with Gasteiger partial charge in [0.05, 0.1) is 6.61 Å². The van der Waals surface area contributed by atoms with Gasteiger partial charge in [0, 0.05) is 12.3 Å². The van der Waals surface area contributed by atoms with Crippen molar-refractivity contribution in [1.29, 1.82) is 0 Å². The summed E-state index contributed by atoms with van der Waals surface area (Å²) in [5.74, 6) is 2.11. The standard InChI is InChI=1S/C13H15N3O2/c1-2-9-17-10-3-5-11(6-4-10)18-12-7-8-15-13(14)16-12/h3-8H,2,9H2,1H3,(H2,14,15,16). The lowest BCUT2D eigenvalue weighted by Crippen LogP contribution is -1.96. The molecule has 0 bridgehead atoms. The second kappa shape index (κ2) is 5.86. The number of hydrogen-bond donors (Lipinski definition) is 1. The molecule has 0 unspecified atom stereocenters. The van der Waals surface area contributed by atoms with Gasteiger partial charge in [-0.05, 0) is 30.7 Å². The highest BCUT2D eigenvalue weighted by Crippen LogP contribution is 2.22. The molecule has 0 amide bonds. The fourth-order valence-corrected chi connectivity index (χ4v) is 1.36. The Morgan fingerprint density at radius 3 is 2.50 bits per heavy atom. The highest BCUT2D eigenvalue weighted by Gasteiger charge is 2.00. The molecule has 0 fully saturated rings. The van der Waals surface area contributed by atoms with Crippen molar-refractivity contribution >= 4 is 5.95 Å². The number of hydrogen-bond acceptors (Lipinski definition) is 5. The van der Waals surface area contributed by atoms with Gasteiger partial charge in [-0.1, -0.05) is 6.92 Å². The predicted molar refractivity (Wildman–Crippen MR) is 68.7 cm³/mol. The number of benzene rings is 1. The van der Waals surface area contributed by atoms with Crippen molar-refractivity contribution in [3.63, 3.8) is 0 Å². The Labute approximate surface area is 106 Å². The van der Waals surface area contributed by atoms with E-state index in [-0.39, 0.29) is 5.95 Å². The Morgan fingerprint density at radius 1 is 1.11 bits per heavy atom. The predicted octanol–water partition coefficient (Wildman–Crippen LogP) is 2.64. The molecule has 5 nitrogen and oxygen atoms in total. The largest absolute Gasteiger partial charge is 0.494 e. The van der Waals surface area contributed by atoms with Crippen molar-refractivity contribution in [1.82, 2.24) is 9.97 Å². The second-order valence-electron chi connectivity index (χ2n) is 3.68. The maximum absolute atomic E-state index is 5.53. The Morgan fingerprint density at radius 2 is 1.83 bits per heavy atom. The molecule has 2 aromatic rings. The third-order valence-corrected chi connectivity index (χ3v) is 2.17. The van der Waals surface area contributed by atoms with Gasteiger partial charge in [-0.3, -0.25) is 0 Å². The van der Waals surface area contributed by atoms with Gasteiger partial charge in [0.1, 0.15) is 11.5 Å². The molecule has 0 saturated carbocycles. The number of rotatable bonds is 5. The van der Waals surface area contributed by atoms with E-state index in [1.165, 1.54) is 0 Å². The van der Waals surface area contributed by atoms with Crippen LogP contribution in [0.1, 0.15) is 13.3 Å². The molecule has 18 heavy (non-hydrogen) atoms. The summed E-state index contributed by atoms with van der Waals surface area (Å²) in [6.07, 6.45) is 2.54. The van der Waals surface area contributed by atoms with E-state index in [2.05, 4.69) is 16.9 Å². The number of aromatic nitrogens is 2. The normalized spacial score (nSPS) is 10.1. The van der Waals surface area contributed by atoms with Crippen LogP contribution in [-0.2, 0) is 0 Å². The topological polar surface area (TPSA) is 70.3 Å². The van der Waals surface area contributed by atoms with Crippen molar-refractivity contribution in [2.75, 3.05) is 12.3 Å². The van der Waals surface area contributed by atoms with E-state index in [4.69, 9.17) is 15.2 Å². The minimum atomic E-state index is 0.190. The van der Waals surface area contributed by atoms with Crippen LogP contribution in [-0.4, -0.2) is 16.6 Å². The number of nitrogens with zero attached hydrogens (tertiary/aromatic N) is 2. The first-order valence-corrected chi connectivity index (χ1v) is 5.77. The number of ether oxygens (including phenoxy) is 2. The molecule has 0 spiro atoms. The first-order chi connectivity index (χ1) is 8.78. The third kappa shape index (κ3) is 3.35. The minimum Gasteiger partial charge on any atom is -0.494 e. The monoisotopic (exact) mass is 245 g/mol. The van der Waals surface area contributed by atoms with Crippen LogP contribution in [0.4, 0.5) is 5.95 Å². The number of nitrogen functional groups attached to an aromatic ring is 1. The third-order valence-electron chi connectivity index (χ3n) is 2.17. The van der Waals surface area contributed by atoms with Gasteiger partial charge < -0.3 is 15.2 Å². The Kier molecular flexibility index (Phi) is 3.96. The molecule has 0 aliphatic heterocycles. The van der Waals surface area contributed by atoms with Crippen LogP contribution in [0.5, 0.6) is 17.4 Å². The van der Waals surface area contributed by atoms with Crippen LogP contribution in [0.25, 0.3) is 0 Å². The molecule has 0 radical (unpaired) electrons. The summed E-state index contributed by atoms with van der Waals surface area (Å²) in [4.78, 5) is 7.75. The number of anilines is 1. The van der Waals surface area contributed by atoms with Crippen LogP contribution >= 0.6 is 0 Å². The molecule has 1 aromatic heterocycles. The van der Waals surface area contributed by atoms with Gasteiger partial charge in [-0.2, -0.15) is 4.98 Å². The van der Waals surface area contributed by atoms with Gasteiger partial charge in [-0.15, -0.1) is 0 Å². The summed E-state index contributed by atoms with van der Waals surface area (Å²) >= 11 is 0. The molecule has 2 N–H and O–H groups in total. The Balaban J connectivity index is 2.02. The zero-order valence-electron chi connectivity index (χ0n) is 10.2. The van der Waals surface area contributed by atoms with Crippen molar-refractivity contribution in [3.8, 4) is 17.4 Å². The first-order valence-electron chi connectivity index (χ1n) is 5.77. The smallest absolute Gasteiger partial charge is 0.224 e. The zero-order valence-corrected chi connectivity index (χ0v) is 10.2. The Bertz CT molecular complexity index is 500. The lowest BCUT2D eigenvalue weighted by atomic mass is 10.3. The SMILES string of the molecule is CCCOc1ccc(Oc2ccnc(N)n2)cc1. The van der Waals surface area contributed by atoms with Crippen molar-refractivity contribution < 1.29 is 9.47 Å². The summed E-state index contributed by atoms with van der Waals surface area (Å²) in [6, 6.07) is 9.01. The van der Waals surface area contributed by atoms with Gasteiger partial charge in [0.15, 0.2) is 0 Å². The van der Waals surface area contributed by atoms with Gasteiger partial charge in [0.2, 0.25) is 11.8 Å². The average molecular weight is 245 g/mol. The average Bonchev–Trinajstić information content (AvgIpc) is 2.38. The molecule has 0 aliphatic rings. The van der Waals surface area contributed by atoms with E-state index in [9.17, 15) is 0 Å². The fourth-order valence-electron chi connectivity index (χ4n) is 1.36. The minimum absolute atomic E-state index is 0.190. The highest BCUT2D eigenvalue weighted by atomic mass is 16.5. The van der Waals surface area contributed by atoms with Gasteiger partial charge >= 0.3 is 0 Å². The lowest BCUT2D eigenvalue weighted by Gasteiger charge is -2.07. The quantitative estimate of drug-likeness (QED) is 0.876. The maximum atomic E-state index is 5.53. The molecule has 1 aromatic carbocycles. The van der Waals surface area contributed by atoms with Crippen molar-refractivity contribution in [2.45, 2.75) is 13.3 Å². The summed E-state index contributed by atoms with van der Waals surface area (Å²) in [7, 11) is 0. The fraction of sp³-hybridized carbons (Fsp3) is 0.231. The first kappa shape index (κ1) is 12.2. The summed E-state index contributed by atoms with van der Waals surface area (Å²) in [6.45, 7) is 2.78. The van der Waals surface area contributed by atoms with E-state index in [0.29, 0.717) is 18.2 Å². The molecule has 2 rings (SSSR count). The molecule has 1 heterocycles. The number of nitrogens with two attached hydrogens (primary N) is 1. The molecular weight excluding hydrogens is 230 g/mol. The summed E-state index contributed by atoms with van der Waals surface area (Å²) in [5, 5.41) is 0. The lowest BCUT2D eigenvalue weighted by molar-refractivity contribution is 0.317.